The maximum absolute atomic E-state index is 5.57. The van der Waals surface area contributed by atoms with Crippen LogP contribution in [0.3, 0.4) is 0 Å². The van der Waals surface area contributed by atoms with Gasteiger partial charge in [0.15, 0.2) is 0 Å². The highest BCUT2D eigenvalue weighted by Crippen LogP contribution is 2.25. The lowest BCUT2D eigenvalue weighted by Crippen LogP contribution is -2.46. The van der Waals surface area contributed by atoms with Crippen LogP contribution < -0.4 is 5.73 Å². The van der Waals surface area contributed by atoms with E-state index in [1.807, 2.05) is 0 Å². The summed E-state index contributed by atoms with van der Waals surface area (Å²) in [5.74, 6) is 0.892. The van der Waals surface area contributed by atoms with Crippen LogP contribution in [-0.2, 0) is 0 Å². The molecule has 0 aromatic heterocycles. The van der Waals surface area contributed by atoms with Gasteiger partial charge in [0.1, 0.15) is 0 Å². The van der Waals surface area contributed by atoms with Crippen LogP contribution in [-0.4, -0.2) is 30.1 Å². The third kappa shape index (κ3) is 3.28. The fraction of sp³-hybridized carbons (Fsp3) is 1.00. The fourth-order valence-corrected chi connectivity index (χ4v) is 2.13. The first-order chi connectivity index (χ1) is 6.04. The van der Waals surface area contributed by atoms with Crippen LogP contribution in [0.2, 0.25) is 0 Å². The molecule has 0 unspecified atom stereocenters. The molecule has 0 aromatic rings. The minimum atomic E-state index is 0.355. The van der Waals surface area contributed by atoms with Gasteiger partial charge in [0.2, 0.25) is 0 Å². The second-order valence-electron chi connectivity index (χ2n) is 5.18. The van der Waals surface area contributed by atoms with E-state index in [9.17, 15) is 0 Å². The van der Waals surface area contributed by atoms with E-state index in [1.165, 1.54) is 32.4 Å². The summed E-state index contributed by atoms with van der Waals surface area (Å²) in [6.07, 6.45) is 3.90. The number of piperidine rings is 1. The smallest absolute Gasteiger partial charge is 0.0125 e. The molecule has 0 atom stereocenters. The van der Waals surface area contributed by atoms with Crippen molar-refractivity contribution in [3.63, 3.8) is 0 Å². The van der Waals surface area contributed by atoms with Gasteiger partial charge in [0.25, 0.3) is 0 Å². The Labute approximate surface area is 82.5 Å². The highest BCUT2D eigenvalue weighted by molar-refractivity contribution is 4.81. The second-order valence-corrected chi connectivity index (χ2v) is 5.18. The molecule has 1 fully saturated rings. The third-order valence-corrected chi connectivity index (χ3v) is 3.14. The summed E-state index contributed by atoms with van der Waals surface area (Å²) in [4.78, 5) is 2.58. The van der Waals surface area contributed by atoms with E-state index in [1.54, 1.807) is 0 Å². The summed E-state index contributed by atoms with van der Waals surface area (Å²) in [5, 5.41) is 0. The molecule has 0 saturated carbocycles. The van der Waals surface area contributed by atoms with Gasteiger partial charge in [0.05, 0.1) is 0 Å². The Morgan fingerprint density at radius 3 is 2.15 bits per heavy atom. The van der Waals surface area contributed by atoms with Gasteiger partial charge in [-0.25, -0.2) is 0 Å². The quantitative estimate of drug-likeness (QED) is 0.709. The van der Waals surface area contributed by atoms with Crippen LogP contribution >= 0.6 is 0 Å². The van der Waals surface area contributed by atoms with Gasteiger partial charge in [-0.3, -0.25) is 4.90 Å². The van der Waals surface area contributed by atoms with Crippen LogP contribution in [0.4, 0.5) is 0 Å². The Kier molecular flexibility index (Phi) is 3.74. The summed E-state index contributed by atoms with van der Waals surface area (Å²) in [6, 6.07) is 0. The molecule has 1 saturated heterocycles. The zero-order valence-electron chi connectivity index (χ0n) is 9.34. The maximum atomic E-state index is 5.57. The van der Waals surface area contributed by atoms with E-state index in [4.69, 9.17) is 5.73 Å². The Morgan fingerprint density at radius 1 is 1.23 bits per heavy atom. The summed E-state index contributed by atoms with van der Waals surface area (Å²) in [7, 11) is 0. The van der Waals surface area contributed by atoms with Crippen molar-refractivity contribution in [1.82, 2.24) is 4.90 Å². The molecular weight excluding hydrogens is 160 g/mol. The number of likely N-dealkylation sites (tertiary alicyclic amines) is 1. The lowest BCUT2D eigenvalue weighted by atomic mass is 9.91. The van der Waals surface area contributed by atoms with Crippen molar-refractivity contribution in [2.45, 2.75) is 45.6 Å². The zero-order chi connectivity index (χ0) is 9.90. The number of nitrogens with zero attached hydrogens (tertiary/aromatic N) is 1. The van der Waals surface area contributed by atoms with Crippen molar-refractivity contribution >= 4 is 0 Å². The van der Waals surface area contributed by atoms with Gasteiger partial charge < -0.3 is 5.73 Å². The van der Waals surface area contributed by atoms with Crippen LogP contribution in [0.5, 0.6) is 0 Å². The van der Waals surface area contributed by atoms with Crippen LogP contribution in [0.1, 0.15) is 40.0 Å². The van der Waals surface area contributed by atoms with Crippen molar-refractivity contribution in [3.8, 4) is 0 Å². The maximum Gasteiger partial charge on any atom is 0.0125 e. The molecule has 2 heteroatoms. The van der Waals surface area contributed by atoms with Gasteiger partial charge in [-0.1, -0.05) is 0 Å². The molecule has 78 valence electrons. The van der Waals surface area contributed by atoms with Gasteiger partial charge >= 0.3 is 0 Å². The average molecular weight is 184 g/mol. The molecule has 0 bridgehead atoms. The van der Waals surface area contributed by atoms with E-state index in [0.29, 0.717) is 5.54 Å². The van der Waals surface area contributed by atoms with Gasteiger partial charge in [-0.15, -0.1) is 0 Å². The Bertz CT molecular complexity index is 141. The SMILES string of the molecule is CC(C)(C)N1CCC(CCN)CC1. The molecule has 13 heavy (non-hydrogen) atoms. The summed E-state index contributed by atoms with van der Waals surface area (Å²) in [6.45, 7) is 10.3. The molecule has 0 radical (unpaired) electrons. The van der Waals surface area contributed by atoms with Gasteiger partial charge in [-0.05, 0) is 65.6 Å². The molecule has 1 rings (SSSR count). The molecular formula is C11H24N2. The van der Waals surface area contributed by atoms with Gasteiger partial charge in [-0.2, -0.15) is 0 Å². The first-order valence-corrected chi connectivity index (χ1v) is 5.49. The Balaban J connectivity index is 2.30. The van der Waals surface area contributed by atoms with Crippen LogP contribution in [0.25, 0.3) is 0 Å². The number of hydrogen-bond donors (Lipinski definition) is 1. The predicted molar refractivity (Wildman–Crippen MR) is 57.7 cm³/mol. The lowest BCUT2D eigenvalue weighted by molar-refractivity contribution is 0.0860. The monoisotopic (exact) mass is 184 g/mol. The van der Waals surface area contributed by atoms with Crippen LogP contribution in [0.15, 0.2) is 0 Å². The van der Waals surface area contributed by atoms with E-state index >= 15 is 0 Å². The minimum Gasteiger partial charge on any atom is -0.330 e. The standard InChI is InChI=1S/C11H24N2/c1-11(2,3)13-8-5-10(4-7-12)6-9-13/h10H,4-9,12H2,1-3H3. The fourth-order valence-electron chi connectivity index (χ4n) is 2.13. The van der Waals surface area contributed by atoms with Crippen LogP contribution in [0, 0.1) is 5.92 Å². The zero-order valence-corrected chi connectivity index (χ0v) is 9.34. The third-order valence-electron chi connectivity index (χ3n) is 3.14. The molecule has 0 amide bonds. The Hall–Kier alpha value is -0.0800. The molecule has 1 heterocycles. The minimum absolute atomic E-state index is 0.355. The van der Waals surface area contributed by atoms with E-state index < -0.39 is 0 Å². The normalized spacial score (nSPS) is 22.2. The van der Waals surface area contributed by atoms with E-state index in [2.05, 4.69) is 25.7 Å². The van der Waals surface area contributed by atoms with Crippen molar-refractivity contribution in [3.05, 3.63) is 0 Å². The van der Waals surface area contributed by atoms with E-state index in [0.717, 1.165) is 12.5 Å². The largest absolute Gasteiger partial charge is 0.330 e. The first kappa shape index (κ1) is 11.0. The molecule has 0 aliphatic carbocycles. The van der Waals surface area contributed by atoms with E-state index in [-0.39, 0.29) is 0 Å². The van der Waals surface area contributed by atoms with Gasteiger partial charge in [0, 0.05) is 5.54 Å². The highest BCUT2D eigenvalue weighted by Gasteiger charge is 2.26. The number of hydrogen-bond acceptors (Lipinski definition) is 2. The van der Waals surface area contributed by atoms with Crippen molar-refractivity contribution in [2.75, 3.05) is 19.6 Å². The molecule has 2 nitrogen and oxygen atoms in total. The summed E-state index contributed by atoms with van der Waals surface area (Å²) in [5.41, 5.74) is 5.92. The van der Waals surface area contributed by atoms with Crippen molar-refractivity contribution < 1.29 is 0 Å². The molecule has 1 aliphatic rings. The van der Waals surface area contributed by atoms with Crippen molar-refractivity contribution in [2.24, 2.45) is 11.7 Å². The molecule has 2 N–H and O–H groups in total. The predicted octanol–water partition coefficient (Wildman–Crippen LogP) is 1.85. The first-order valence-electron chi connectivity index (χ1n) is 5.49. The number of rotatable bonds is 2. The highest BCUT2D eigenvalue weighted by atomic mass is 15.2. The molecule has 0 aromatic carbocycles. The number of nitrogens with two attached hydrogens (primary N) is 1. The van der Waals surface area contributed by atoms with Crippen molar-refractivity contribution in [1.29, 1.82) is 0 Å². The second kappa shape index (κ2) is 4.43. The summed E-state index contributed by atoms with van der Waals surface area (Å²) >= 11 is 0. The Morgan fingerprint density at radius 2 is 1.77 bits per heavy atom. The lowest BCUT2D eigenvalue weighted by Gasteiger charge is -2.40. The summed E-state index contributed by atoms with van der Waals surface area (Å²) < 4.78 is 0. The molecule has 0 spiro atoms. The molecule has 1 aliphatic heterocycles. The topological polar surface area (TPSA) is 29.3 Å². The average Bonchev–Trinajstić information content (AvgIpc) is 2.04.